The van der Waals surface area contributed by atoms with Gasteiger partial charge in [0.25, 0.3) is 10.0 Å². The number of para-hydroxylation sites is 1. The molecule has 0 heterocycles. The molecular formula is C22H19F2N2O3S-. The topological polar surface area (TPSA) is 81.6 Å². The van der Waals surface area contributed by atoms with E-state index in [9.17, 15) is 22.3 Å². The van der Waals surface area contributed by atoms with Gasteiger partial charge in [-0.15, -0.1) is 0 Å². The van der Waals surface area contributed by atoms with Crippen LogP contribution in [0.1, 0.15) is 30.9 Å². The van der Waals surface area contributed by atoms with Gasteiger partial charge in [-0.2, -0.15) is 0 Å². The summed E-state index contributed by atoms with van der Waals surface area (Å²) in [7, 11) is -4.25. The first-order chi connectivity index (χ1) is 14.2. The lowest BCUT2D eigenvalue weighted by Gasteiger charge is -2.17. The second-order valence-corrected chi connectivity index (χ2v) is 8.57. The second-order valence-electron chi connectivity index (χ2n) is 6.89. The summed E-state index contributed by atoms with van der Waals surface area (Å²) in [5.41, 5.74) is 1.54. The van der Waals surface area contributed by atoms with E-state index in [1.807, 2.05) is 26.0 Å². The molecule has 3 rings (SSSR count). The van der Waals surface area contributed by atoms with Crippen molar-refractivity contribution in [3.05, 3.63) is 89.5 Å². The first kappa shape index (κ1) is 21.4. The van der Waals surface area contributed by atoms with Crippen LogP contribution in [-0.4, -0.2) is 14.3 Å². The van der Waals surface area contributed by atoms with Crippen molar-refractivity contribution in [2.24, 2.45) is 4.99 Å². The van der Waals surface area contributed by atoms with Crippen LogP contribution in [0.3, 0.4) is 0 Å². The van der Waals surface area contributed by atoms with Gasteiger partial charge in [0.05, 0.1) is 16.3 Å². The third-order valence-electron chi connectivity index (χ3n) is 4.39. The van der Waals surface area contributed by atoms with Crippen molar-refractivity contribution in [1.82, 2.24) is 0 Å². The lowest BCUT2D eigenvalue weighted by Crippen LogP contribution is -2.22. The highest BCUT2D eigenvalue weighted by Crippen LogP contribution is 2.23. The van der Waals surface area contributed by atoms with Crippen LogP contribution < -0.4 is 9.83 Å². The fraction of sp³-hybridized carbons (Fsp3) is 0.136. The van der Waals surface area contributed by atoms with Crippen molar-refractivity contribution >= 4 is 27.3 Å². The second kappa shape index (κ2) is 8.62. The smallest absolute Gasteiger partial charge is 0.262 e. The normalized spacial score (nSPS) is 12.2. The Bertz CT molecular complexity index is 1190. The van der Waals surface area contributed by atoms with Crippen molar-refractivity contribution in [2.45, 2.75) is 24.7 Å². The number of benzene rings is 3. The van der Waals surface area contributed by atoms with E-state index < -0.39 is 32.5 Å². The number of anilines is 1. The SMILES string of the molecule is CC(C)c1ccc(N=C([O-])c2ccccc2NS(=O)(=O)c2ccc(F)c(F)c2)cc1. The monoisotopic (exact) mass is 429 g/mol. The molecule has 0 unspecified atom stereocenters. The van der Waals surface area contributed by atoms with Crippen LogP contribution in [-0.2, 0) is 10.0 Å². The van der Waals surface area contributed by atoms with Crippen molar-refractivity contribution in [3.63, 3.8) is 0 Å². The molecule has 0 bridgehead atoms. The lowest BCUT2D eigenvalue weighted by atomic mass is 10.0. The van der Waals surface area contributed by atoms with E-state index in [1.54, 1.807) is 18.2 Å². The molecular weight excluding hydrogens is 410 g/mol. The minimum absolute atomic E-state index is 0.0187. The molecule has 0 aliphatic rings. The van der Waals surface area contributed by atoms with Crippen molar-refractivity contribution in [2.75, 3.05) is 4.72 Å². The molecule has 30 heavy (non-hydrogen) atoms. The summed E-state index contributed by atoms with van der Waals surface area (Å²) >= 11 is 0. The van der Waals surface area contributed by atoms with Gasteiger partial charge in [-0.25, -0.2) is 17.2 Å². The zero-order valence-corrected chi connectivity index (χ0v) is 17.1. The molecule has 3 aromatic carbocycles. The first-order valence-corrected chi connectivity index (χ1v) is 10.6. The van der Waals surface area contributed by atoms with Gasteiger partial charge in [-0.3, -0.25) is 9.71 Å². The first-order valence-electron chi connectivity index (χ1n) is 9.10. The van der Waals surface area contributed by atoms with Gasteiger partial charge >= 0.3 is 0 Å². The van der Waals surface area contributed by atoms with Crippen LogP contribution in [0.25, 0.3) is 0 Å². The highest BCUT2D eigenvalue weighted by Gasteiger charge is 2.18. The van der Waals surface area contributed by atoms with E-state index in [-0.39, 0.29) is 11.3 Å². The van der Waals surface area contributed by atoms with Crippen molar-refractivity contribution < 1.29 is 22.3 Å². The number of nitrogens with zero attached hydrogens (tertiary/aromatic N) is 1. The van der Waals surface area contributed by atoms with E-state index >= 15 is 0 Å². The maximum atomic E-state index is 13.4. The van der Waals surface area contributed by atoms with Crippen LogP contribution in [0.5, 0.6) is 0 Å². The van der Waals surface area contributed by atoms with Crippen LogP contribution in [0.2, 0.25) is 0 Å². The largest absolute Gasteiger partial charge is 0.858 e. The molecule has 0 spiro atoms. The average Bonchev–Trinajstić information content (AvgIpc) is 2.70. The molecule has 5 nitrogen and oxygen atoms in total. The van der Waals surface area contributed by atoms with E-state index in [0.29, 0.717) is 17.7 Å². The highest BCUT2D eigenvalue weighted by atomic mass is 32.2. The van der Waals surface area contributed by atoms with Gasteiger partial charge in [0, 0.05) is 5.56 Å². The Labute approximate surface area is 173 Å². The number of aliphatic imine (C=N–C) groups is 1. The summed E-state index contributed by atoms with van der Waals surface area (Å²) in [6, 6.07) is 15.3. The zero-order valence-electron chi connectivity index (χ0n) is 16.3. The molecule has 156 valence electrons. The van der Waals surface area contributed by atoms with Gasteiger partial charge in [-0.05, 0) is 53.8 Å². The van der Waals surface area contributed by atoms with Gasteiger partial charge in [0.15, 0.2) is 11.6 Å². The van der Waals surface area contributed by atoms with Crippen molar-refractivity contribution in [3.8, 4) is 0 Å². The van der Waals surface area contributed by atoms with Crippen molar-refractivity contribution in [1.29, 1.82) is 0 Å². The standard InChI is InChI=1S/C22H20F2N2O3S/c1-14(2)15-7-9-16(10-8-15)25-22(27)18-5-3-4-6-21(18)26-30(28,29)17-11-12-19(23)20(24)13-17/h3-14,26H,1-2H3,(H,25,27)/p-1. The number of sulfonamides is 1. The maximum Gasteiger partial charge on any atom is 0.262 e. The maximum absolute atomic E-state index is 13.4. The Balaban J connectivity index is 1.92. The summed E-state index contributed by atoms with van der Waals surface area (Å²) in [6.07, 6.45) is 0. The molecule has 0 atom stereocenters. The molecule has 1 N–H and O–H groups in total. The predicted molar refractivity (Wildman–Crippen MR) is 110 cm³/mol. The summed E-state index contributed by atoms with van der Waals surface area (Å²) in [5, 5.41) is 12.7. The molecule has 0 radical (unpaired) electrons. The van der Waals surface area contributed by atoms with Gasteiger partial charge in [-0.1, -0.05) is 44.2 Å². The van der Waals surface area contributed by atoms with E-state index in [4.69, 9.17) is 0 Å². The predicted octanol–water partition coefficient (Wildman–Crippen LogP) is 4.33. The Hall–Kier alpha value is -3.26. The van der Waals surface area contributed by atoms with E-state index in [1.165, 1.54) is 18.2 Å². The summed E-state index contributed by atoms with van der Waals surface area (Å²) in [4.78, 5) is 3.57. The minimum atomic E-state index is -4.25. The molecule has 0 amide bonds. The Morgan fingerprint density at radius 3 is 2.27 bits per heavy atom. The Kier molecular flexibility index (Phi) is 6.17. The summed E-state index contributed by atoms with van der Waals surface area (Å²) < 4.78 is 53.9. The lowest BCUT2D eigenvalue weighted by molar-refractivity contribution is -0.212. The van der Waals surface area contributed by atoms with E-state index in [0.717, 1.165) is 17.7 Å². The van der Waals surface area contributed by atoms with Gasteiger partial charge in [0.2, 0.25) is 0 Å². The number of hydrogen-bond acceptors (Lipinski definition) is 4. The highest BCUT2D eigenvalue weighted by molar-refractivity contribution is 7.92. The van der Waals surface area contributed by atoms with Crippen LogP contribution in [0.4, 0.5) is 20.2 Å². The quantitative estimate of drug-likeness (QED) is 0.468. The molecule has 3 aromatic rings. The molecule has 0 aliphatic carbocycles. The Morgan fingerprint density at radius 1 is 0.967 bits per heavy atom. The van der Waals surface area contributed by atoms with Crippen LogP contribution in [0, 0.1) is 11.6 Å². The summed E-state index contributed by atoms with van der Waals surface area (Å²) in [6.45, 7) is 4.10. The number of nitrogens with one attached hydrogen (secondary N) is 1. The third-order valence-corrected chi connectivity index (χ3v) is 5.76. The zero-order chi connectivity index (χ0) is 21.9. The fourth-order valence-electron chi connectivity index (χ4n) is 2.72. The average molecular weight is 429 g/mol. The van der Waals surface area contributed by atoms with Gasteiger partial charge in [0.1, 0.15) is 0 Å². The molecule has 0 fully saturated rings. The molecule has 8 heteroatoms. The molecule has 0 saturated carbocycles. The number of hydrogen-bond donors (Lipinski definition) is 1. The minimum Gasteiger partial charge on any atom is -0.858 e. The molecule has 0 saturated heterocycles. The van der Waals surface area contributed by atoms with E-state index in [2.05, 4.69) is 9.71 Å². The number of halogens is 2. The Morgan fingerprint density at radius 2 is 1.63 bits per heavy atom. The summed E-state index contributed by atoms with van der Waals surface area (Å²) in [5.74, 6) is -2.76. The molecule has 0 aromatic heterocycles. The molecule has 0 aliphatic heterocycles. The number of rotatable bonds is 6. The van der Waals surface area contributed by atoms with Crippen LogP contribution in [0.15, 0.2) is 76.6 Å². The van der Waals surface area contributed by atoms with Crippen LogP contribution >= 0.6 is 0 Å². The fourth-order valence-corrected chi connectivity index (χ4v) is 3.81. The third kappa shape index (κ3) is 4.83. The van der Waals surface area contributed by atoms with Gasteiger partial charge < -0.3 is 5.11 Å².